The summed E-state index contributed by atoms with van der Waals surface area (Å²) in [7, 11) is 0. The van der Waals surface area contributed by atoms with Crippen molar-refractivity contribution in [2.45, 2.75) is 37.7 Å². The van der Waals surface area contributed by atoms with Crippen LogP contribution in [0.15, 0.2) is 0 Å². The molecule has 3 rings (SSSR count). The first-order valence-electron chi connectivity index (χ1n) is 4.72. The molecule has 0 bridgehead atoms. The van der Waals surface area contributed by atoms with E-state index in [4.69, 9.17) is 9.78 Å². The third kappa shape index (κ3) is 0.859. The zero-order chi connectivity index (χ0) is 7.31. The Morgan fingerprint density at radius 3 is 2.00 bits per heavy atom. The van der Waals surface area contributed by atoms with Gasteiger partial charge in [0.15, 0.2) is 0 Å². The molecule has 0 aromatic heterocycles. The molecule has 2 heteroatoms. The summed E-state index contributed by atoms with van der Waals surface area (Å²) in [4.78, 5) is 10.6. The molecule has 0 radical (unpaired) electrons. The molecule has 2 aliphatic carbocycles. The van der Waals surface area contributed by atoms with E-state index in [1.54, 1.807) is 0 Å². The molecule has 62 valence electrons. The molecule has 0 aromatic rings. The van der Waals surface area contributed by atoms with Gasteiger partial charge in [-0.1, -0.05) is 0 Å². The average molecular weight is 154 g/mol. The lowest BCUT2D eigenvalue weighted by Gasteiger charge is -2.24. The first-order valence-corrected chi connectivity index (χ1v) is 4.72. The second-order valence-corrected chi connectivity index (χ2v) is 4.16. The van der Waals surface area contributed by atoms with Crippen LogP contribution in [0.3, 0.4) is 0 Å². The van der Waals surface area contributed by atoms with Crippen LogP contribution >= 0.6 is 0 Å². The molecule has 0 amide bonds. The highest BCUT2D eigenvalue weighted by Crippen LogP contribution is 2.57. The van der Waals surface area contributed by atoms with Crippen molar-refractivity contribution in [2.24, 2.45) is 11.8 Å². The number of hydrogen-bond acceptors (Lipinski definition) is 2. The predicted molar refractivity (Wildman–Crippen MR) is 39.8 cm³/mol. The smallest absolute Gasteiger partial charge is 0.111 e. The van der Waals surface area contributed by atoms with Gasteiger partial charge in [-0.05, 0) is 37.5 Å². The molecule has 1 saturated heterocycles. The molecule has 2 nitrogen and oxygen atoms in total. The van der Waals surface area contributed by atoms with Crippen LogP contribution in [-0.2, 0) is 9.78 Å². The molecular weight excluding hydrogens is 140 g/mol. The van der Waals surface area contributed by atoms with Gasteiger partial charge in [0, 0.05) is 6.42 Å². The van der Waals surface area contributed by atoms with Crippen LogP contribution in [-0.4, -0.2) is 12.2 Å². The second-order valence-electron chi connectivity index (χ2n) is 4.16. The van der Waals surface area contributed by atoms with Gasteiger partial charge in [0.25, 0.3) is 0 Å². The maximum Gasteiger partial charge on any atom is 0.111 e. The molecule has 3 fully saturated rings. The molecule has 0 N–H and O–H groups in total. The van der Waals surface area contributed by atoms with E-state index in [0.29, 0.717) is 0 Å². The van der Waals surface area contributed by atoms with Crippen molar-refractivity contribution >= 4 is 0 Å². The highest BCUT2D eigenvalue weighted by atomic mass is 17.2. The maximum absolute atomic E-state index is 5.49. The molecule has 3 aliphatic rings. The molecule has 0 aromatic carbocycles. The van der Waals surface area contributed by atoms with E-state index < -0.39 is 0 Å². The Morgan fingerprint density at radius 2 is 1.64 bits per heavy atom. The van der Waals surface area contributed by atoms with Crippen LogP contribution in [0.5, 0.6) is 0 Å². The average Bonchev–Trinajstić information content (AvgIpc) is 2.90. The minimum Gasteiger partial charge on any atom is -0.236 e. The summed E-state index contributed by atoms with van der Waals surface area (Å²) in [5.74, 6) is 1.69. The standard InChI is InChI=1S/C9H14O2/c1-2-7(1)9(8-3-4-8)5-6-10-11-9/h7-8H,1-6H2. The van der Waals surface area contributed by atoms with Gasteiger partial charge in [-0.3, -0.25) is 0 Å². The van der Waals surface area contributed by atoms with Gasteiger partial charge in [0.05, 0.1) is 6.61 Å². The van der Waals surface area contributed by atoms with E-state index in [0.717, 1.165) is 24.9 Å². The van der Waals surface area contributed by atoms with Gasteiger partial charge >= 0.3 is 0 Å². The van der Waals surface area contributed by atoms with Gasteiger partial charge < -0.3 is 0 Å². The zero-order valence-corrected chi connectivity index (χ0v) is 6.71. The minimum atomic E-state index is 0.194. The Morgan fingerprint density at radius 1 is 1.00 bits per heavy atom. The highest BCUT2D eigenvalue weighted by molar-refractivity contribution is 5.05. The Balaban J connectivity index is 1.83. The van der Waals surface area contributed by atoms with E-state index in [2.05, 4.69) is 0 Å². The topological polar surface area (TPSA) is 18.5 Å². The van der Waals surface area contributed by atoms with E-state index >= 15 is 0 Å². The van der Waals surface area contributed by atoms with Crippen LogP contribution in [0, 0.1) is 11.8 Å². The van der Waals surface area contributed by atoms with E-state index in [-0.39, 0.29) is 5.60 Å². The van der Waals surface area contributed by atoms with Crippen LogP contribution < -0.4 is 0 Å². The van der Waals surface area contributed by atoms with Gasteiger partial charge in [-0.2, -0.15) is 0 Å². The Labute approximate surface area is 66.8 Å². The maximum atomic E-state index is 5.49. The normalized spacial score (nSPS) is 36.0. The third-order valence-electron chi connectivity index (χ3n) is 3.33. The van der Waals surface area contributed by atoms with Crippen molar-refractivity contribution in [3.05, 3.63) is 0 Å². The Kier molecular flexibility index (Phi) is 1.16. The Hall–Kier alpha value is -0.0800. The predicted octanol–water partition coefficient (Wildman–Crippen LogP) is 1.90. The van der Waals surface area contributed by atoms with E-state index in [1.807, 2.05) is 0 Å². The first-order chi connectivity index (χ1) is 5.42. The summed E-state index contributed by atoms with van der Waals surface area (Å²) in [5, 5.41) is 0. The molecule has 0 atom stereocenters. The monoisotopic (exact) mass is 154 g/mol. The van der Waals surface area contributed by atoms with E-state index in [1.165, 1.54) is 25.7 Å². The summed E-state index contributed by atoms with van der Waals surface area (Å²) < 4.78 is 0. The molecule has 0 spiro atoms. The lowest BCUT2D eigenvalue weighted by atomic mass is 9.89. The highest BCUT2D eigenvalue weighted by Gasteiger charge is 2.58. The van der Waals surface area contributed by atoms with Crippen molar-refractivity contribution in [3.8, 4) is 0 Å². The fraction of sp³-hybridized carbons (Fsp3) is 1.00. The first kappa shape index (κ1) is 6.44. The van der Waals surface area contributed by atoms with Crippen LogP contribution in [0.1, 0.15) is 32.1 Å². The number of hydrogen-bond donors (Lipinski definition) is 0. The molecule has 0 unspecified atom stereocenters. The van der Waals surface area contributed by atoms with Crippen LogP contribution in [0.25, 0.3) is 0 Å². The molecule has 1 heterocycles. The molecule has 11 heavy (non-hydrogen) atoms. The van der Waals surface area contributed by atoms with Gasteiger partial charge in [0.2, 0.25) is 0 Å². The molecule has 2 saturated carbocycles. The van der Waals surface area contributed by atoms with Crippen molar-refractivity contribution in [3.63, 3.8) is 0 Å². The van der Waals surface area contributed by atoms with Crippen molar-refractivity contribution in [1.29, 1.82) is 0 Å². The quantitative estimate of drug-likeness (QED) is 0.565. The lowest BCUT2D eigenvalue weighted by molar-refractivity contribution is -0.319. The summed E-state index contributed by atoms with van der Waals surface area (Å²) in [6, 6.07) is 0. The lowest BCUT2D eigenvalue weighted by Crippen LogP contribution is -2.32. The van der Waals surface area contributed by atoms with Crippen molar-refractivity contribution in [1.82, 2.24) is 0 Å². The van der Waals surface area contributed by atoms with Crippen LogP contribution in [0.2, 0.25) is 0 Å². The molecular formula is C9H14O2. The van der Waals surface area contributed by atoms with Gasteiger partial charge in [0.1, 0.15) is 5.60 Å². The SMILES string of the molecule is C1CC(C2CC2)(C2CC2)OO1. The summed E-state index contributed by atoms with van der Waals surface area (Å²) in [6.45, 7) is 0.826. The van der Waals surface area contributed by atoms with Crippen molar-refractivity contribution in [2.75, 3.05) is 6.61 Å². The molecule has 1 aliphatic heterocycles. The van der Waals surface area contributed by atoms with Gasteiger partial charge in [-0.15, -0.1) is 0 Å². The fourth-order valence-corrected chi connectivity index (χ4v) is 2.42. The van der Waals surface area contributed by atoms with Crippen LogP contribution in [0.4, 0.5) is 0 Å². The largest absolute Gasteiger partial charge is 0.236 e. The zero-order valence-electron chi connectivity index (χ0n) is 6.71. The summed E-state index contributed by atoms with van der Waals surface area (Å²) >= 11 is 0. The third-order valence-corrected chi connectivity index (χ3v) is 3.33. The fourth-order valence-electron chi connectivity index (χ4n) is 2.42. The summed E-state index contributed by atoms with van der Waals surface area (Å²) in [6.07, 6.45) is 6.65. The van der Waals surface area contributed by atoms with Crippen molar-refractivity contribution < 1.29 is 9.78 Å². The number of rotatable bonds is 2. The van der Waals surface area contributed by atoms with Gasteiger partial charge in [-0.25, -0.2) is 9.78 Å². The summed E-state index contributed by atoms with van der Waals surface area (Å²) in [5.41, 5.74) is 0.194. The van der Waals surface area contributed by atoms with E-state index in [9.17, 15) is 0 Å². The Bertz CT molecular complexity index is 150. The minimum absolute atomic E-state index is 0.194. The second kappa shape index (κ2) is 1.99.